The minimum absolute atomic E-state index is 0.324. The lowest BCUT2D eigenvalue weighted by Crippen LogP contribution is -2.30. The summed E-state index contributed by atoms with van der Waals surface area (Å²) in [5.74, 6) is 0. The molecular weight excluding hydrogens is 1430 g/mol. The predicted molar refractivity (Wildman–Crippen MR) is 497 cm³/mol. The van der Waals surface area contributed by atoms with Crippen LogP contribution in [0.2, 0.25) is 0 Å². The Morgan fingerprint density at radius 2 is 0.559 bits per heavy atom. The van der Waals surface area contributed by atoms with E-state index < -0.39 is 20.6 Å². The lowest BCUT2D eigenvalue weighted by molar-refractivity contribution is -0.659. The molecular formula is C110H96N8+4. The summed E-state index contributed by atoms with van der Waals surface area (Å²) in [7, 11) is 12.7. The largest absolute Gasteiger partial charge is 0.339 e. The van der Waals surface area contributed by atoms with Crippen LogP contribution in [-0.4, -0.2) is 18.3 Å². The molecule has 0 bridgehead atoms. The summed E-state index contributed by atoms with van der Waals surface area (Å²) < 4.78 is 88.3. The van der Waals surface area contributed by atoms with Crippen LogP contribution in [0.4, 0.5) is 0 Å². The van der Waals surface area contributed by atoms with Gasteiger partial charge in [0.05, 0.1) is 32.8 Å². The molecule has 572 valence electrons. The third-order valence-corrected chi connectivity index (χ3v) is 24.3. The maximum atomic E-state index is 7.85. The summed E-state index contributed by atoms with van der Waals surface area (Å²) in [5.41, 5.74) is 27.8. The molecule has 0 spiro atoms. The standard InChI is InChI=1S/C31H27N2.C30H25N2.C25H23N2.C24H21N2/c1-20-10-13-25(22(3)16-20)29-18-30-27(19-32(29)4)31-26-14-11-21(2)17-23(26)12-15-28(31)33(30)24-8-6-5-7-9-24;1-20-13-15-25-22(17-20)14-16-27-30(25)26-19-31(3)28(24-12-8-7-9-21(24)2)18-29(26)32(27)23-10-5-4-6-11-23;1-16-9-11-19(17(2)13-16)23-14-21-24(15-26(23)3)27(4)22-12-10-18-7-5-6-8-20(18)25(21)22;1-16-8-4-6-10-18(16)22-14-20-23(15-25(22)2)26(3)21-13-12-17-9-5-7-11-19(17)24(20)21/h5-19H,1-4H3;4-19H,1-3H3;5-15H,1-4H3;4-15H,1-3H3/q4*+1/i1D3,2D3;1D3;;. The Balaban J connectivity index is 0.000000112. The zero-order valence-corrected chi connectivity index (χ0v) is 68.3. The lowest BCUT2D eigenvalue weighted by atomic mass is 10.00. The minimum Gasteiger partial charge on any atom is -0.339 e. The average Bonchev–Trinajstić information content (AvgIpc) is 1.58. The van der Waals surface area contributed by atoms with E-state index in [0.717, 1.165) is 99.0 Å². The van der Waals surface area contributed by atoms with Gasteiger partial charge in [0.15, 0.2) is 24.8 Å². The zero-order chi connectivity index (χ0) is 88.6. The number of hydrogen-bond acceptors (Lipinski definition) is 0. The number of pyridine rings is 4. The monoisotopic (exact) mass is 1540 g/mol. The highest BCUT2D eigenvalue weighted by atomic mass is 15.0. The van der Waals surface area contributed by atoms with Crippen LogP contribution < -0.4 is 18.3 Å². The van der Waals surface area contributed by atoms with Crippen LogP contribution >= 0.6 is 0 Å². The van der Waals surface area contributed by atoms with E-state index in [2.05, 4.69) is 337 Å². The third-order valence-electron chi connectivity index (χ3n) is 24.3. The van der Waals surface area contributed by atoms with Gasteiger partial charge in [0.1, 0.15) is 39.2 Å². The maximum absolute atomic E-state index is 7.85. The topological polar surface area (TPSA) is 35.2 Å². The van der Waals surface area contributed by atoms with Crippen LogP contribution in [0.15, 0.2) is 328 Å². The average molecular weight is 1540 g/mol. The van der Waals surface area contributed by atoms with Gasteiger partial charge < -0.3 is 18.3 Å². The Labute approximate surface area is 701 Å². The fraction of sp³-hybridized carbons (Fsp3) is 0.127. The van der Waals surface area contributed by atoms with Crippen molar-refractivity contribution in [3.63, 3.8) is 0 Å². The van der Waals surface area contributed by atoms with Gasteiger partial charge >= 0.3 is 0 Å². The molecule has 0 saturated carbocycles. The summed E-state index contributed by atoms with van der Waals surface area (Å²) in [6.45, 7) is 4.15. The fourth-order valence-corrected chi connectivity index (χ4v) is 18.5. The summed E-state index contributed by atoms with van der Waals surface area (Å²) in [6, 6.07) is 104. The molecule has 14 aromatic carbocycles. The van der Waals surface area contributed by atoms with E-state index in [9.17, 15) is 0 Å². The van der Waals surface area contributed by atoms with Crippen molar-refractivity contribution >= 4 is 130 Å². The molecule has 0 aliphatic rings. The van der Waals surface area contributed by atoms with Crippen LogP contribution in [0.25, 0.3) is 187 Å². The second-order valence-electron chi connectivity index (χ2n) is 31.9. The smallest absolute Gasteiger partial charge is 0.214 e. The third kappa shape index (κ3) is 12.7. The molecule has 0 aliphatic heterocycles. The molecule has 8 heteroatoms. The van der Waals surface area contributed by atoms with Crippen molar-refractivity contribution in [2.45, 2.75) is 55.2 Å². The molecule has 0 N–H and O–H groups in total. The second kappa shape index (κ2) is 29.6. The molecule has 0 radical (unpaired) electrons. The van der Waals surface area contributed by atoms with Gasteiger partial charge in [0.25, 0.3) is 0 Å². The van der Waals surface area contributed by atoms with Crippen LogP contribution in [0.5, 0.6) is 0 Å². The fourth-order valence-electron chi connectivity index (χ4n) is 18.5. The minimum atomic E-state index is -2.17. The molecule has 118 heavy (non-hydrogen) atoms. The van der Waals surface area contributed by atoms with Crippen LogP contribution in [0.1, 0.15) is 56.8 Å². The van der Waals surface area contributed by atoms with Gasteiger partial charge in [-0.05, 0) is 193 Å². The summed E-state index contributed by atoms with van der Waals surface area (Å²) in [5, 5.41) is 18.8. The molecule has 0 saturated heterocycles. The van der Waals surface area contributed by atoms with E-state index in [1.165, 1.54) is 115 Å². The Hall–Kier alpha value is -14.1. The van der Waals surface area contributed by atoms with Gasteiger partial charge in [-0.25, -0.2) is 9.13 Å². The zero-order valence-electron chi connectivity index (χ0n) is 77.3. The molecule has 8 heterocycles. The van der Waals surface area contributed by atoms with Crippen molar-refractivity contribution in [1.29, 1.82) is 0 Å². The van der Waals surface area contributed by atoms with Crippen molar-refractivity contribution in [1.82, 2.24) is 18.3 Å². The molecule has 0 aliphatic carbocycles. The van der Waals surface area contributed by atoms with E-state index >= 15 is 0 Å². The molecule has 0 unspecified atom stereocenters. The maximum Gasteiger partial charge on any atom is 0.214 e. The normalized spacial score (nSPS) is 13.1. The molecule has 22 rings (SSSR count). The number of aromatic nitrogens is 8. The number of para-hydroxylation sites is 2. The summed E-state index contributed by atoms with van der Waals surface area (Å²) >= 11 is 0. The predicted octanol–water partition coefficient (Wildman–Crippen LogP) is 25.3. The van der Waals surface area contributed by atoms with E-state index in [1.54, 1.807) is 36.4 Å². The number of benzene rings is 14. The van der Waals surface area contributed by atoms with E-state index in [-0.39, 0.29) is 0 Å². The van der Waals surface area contributed by atoms with Gasteiger partial charge in [-0.1, -0.05) is 229 Å². The van der Waals surface area contributed by atoms with Gasteiger partial charge in [0, 0.05) is 128 Å². The first-order valence-corrected chi connectivity index (χ1v) is 40.3. The summed E-state index contributed by atoms with van der Waals surface area (Å²) in [6.07, 6.45) is 8.83. The number of aryl methyl sites for hydroxylation is 14. The van der Waals surface area contributed by atoms with Crippen molar-refractivity contribution in [2.75, 3.05) is 0 Å². The van der Waals surface area contributed by atoms with Crippen molar-refractivity contribution in [3.8, 4) is 56.4 Å². The molecule has 8 aromatic heterocycles. The lowest BCUT2D eigenvalue weighted by Gasteiger charge is -2.09. The Morgan fingerprint density at radius 1 is 0.229 bits per heavy atom. The molecule has 0 fully saturated rings. The SMILES string of the molecule is Cc1ccc(-c2cc3c4c5ccccc5ccc4n(C)c3c[n+]2C)c(C)c1.Cc1ccccc1-c1cc2c3c4ccccc4ccc3n(C)c2c[n+]1C.[2H]C([2H])([2H])c1ccc(-c2cc3c(c[n+]2C)c2c4ccc(C([2H])([2H])[2H])cc4ccc2n3-c2ccccc2)c(C)c1.[2H]C([2H])([2H])c1ccc2c(ccc3c2c2c[n+](C)c(-c4ccccc4C)cc2n3-c2ccccc2)c1. The van der Waals surface area contributed by atoms with E-state index in [1.807, 2.05) is 68.6 Å². The van der Waals surface area contributed by atoms with Crippen LogP contribution in [0.3, 0.4) is 0 Å². The van der Waals surface area contributed by atoms with Gasteiger partial charge in [-0.2, -0.15) is 9.13 Å². The number of hydrogen-bond donors (Lipinski definition) is 0. The highest BCUT2D eigenvalue weighted by molar-refractivity contribution is 6.24. The van der Waals surface area contributed by atoms with Crippen molar-refractivity contribution in [2.24, 2.45) is 42.3 Å². The van der Waals surface area contributed by atoms with Crippen LogP contribution in [-0.2, 0) is 42.3 Å². The number of nitrogens with zero attached hydrogens (tertiary/aromatic N) is 8. The van der Waals surface area contributed by atoms with Gasteiger partial charge in [0.2, 0.25) is 22.8 Å². The Bertz CT molecular complexity index is 8230. The molecule has 0 atom stereocenters. The highest BCUT2D eigenvalue weighted by Gasteiger charge is 2.27. The van der Waals surface area contributed by atoms with Crippen LogP contribution in [0, 0.1) is 55.2 Å². The first-order valence-electron chi connectivity index (χ1n) is 44.8. The van der Waals surface area contributed by atoms with Crippen molar-refractivity contribution in [3.05, 3.63) is 373 Å². The first-order chi connectivity index (χ1) is 60.9. The Morgan fingerprint density at radius 3 is 0.992 bits per heavy atom. The second-order valence-corrected chi connectivity index (χ2v) is 31.9. The number of fused-ring (bicyclic) bond motifs is 20. The first kappa shape index (κ1) is 64.2. The molecule has 22 aromatic rings. The van der Waals surface area contributed by atoms with Gasteiger partial charge in [-0.15, -0.1) is 0 Å². The number of rotatable bonds is 6. The van der Waals surface area contributed by atoms with E-state index in [0.29, 0.717) is 16.7 Å². The van der Waals surface area contributed by atoms with Gasteiger partial charge in [-0.3, -0.25) is 0 Å². The quantitative estimate of drug-likeness (QED) is 0.149. The summed E-state index contributed by atoms with van der Waals surface area (Å²) in [4.78, 5) is 0. The molecule has 0 amide bonds. The Kier molecular flexibility index (Phi) is 16.1. The highest BCUT2D eigenvalue weighted by Crippen LogP contribution is 2.43. The van der Waals surface area contributed by atoms with E-state index in [4.69, 9.17) is 12.3 Å². The molecule has 8 nitrogen and oxygen atoms in total. The van der Waals surface area contributed by atoms with Crippen molar-refractivity contribution < 1.29 is 30.6 Å².